The molecule has 1 unspecified atom stereocenters. The number of aliphatic hydroxyl groups excluding tert-OH is 1. The van der Waals surface area contributed by atoms with E-state index in [1.54, 1.807) is 30.2 Å². The fourth-order valence-corrected chi connectivity index (χ4v) is 5.15. The van der Waals surface area contributed by atoms with Crippen LogP contribution in [-0.4, -0.2) is 40.0 Å². The summed E-state index contributed by atoms with van der Waals surface area (Å²) in [6.07, 6.45) is 3.40. The Morgan fingerprint density at radius 3 is 2.54 bits per heavy atom. The number of carbonyl (C=O) groups excluding carboxylic acids is 1. The number of aliphatic hydroxyl groups is 1. The van der Waals surface area contributed by atoms with E-state index in [0.717, 1.165) is 10.1 Å². The summed E-state index contributed by atoms with van der Waals surface area (Å²) < 4.78 is 13.0. The monoisotopic (exact) mass is 533 g/mol. The van der Waals surface area contributed by atoms with Crippen LogP contribution in [0.25, 0.3) is 10.1 Å². The summed E-state index contributed by atoms with van der Waals surface area (Å²) in [4.78, 5) is 16.8. The normalized spacial score (nSPS) is 11.8. The lowest BCUT2D eigenvalue weighted by molar-refractivity contribution is -0.111. The van der Waals surface area contributed by atoms with Crippen molar-refractivity contribution in [3.63, 3.8) is 0 Å². The van der Waals surface area contributed by atoms with Gasteiger partial charge in [-0.1, -0.05) is 29.8 Å². The Hall–Kier alpha value is -3.31. The average Bonchev–Trinajstić information content (AvgIpc) is 3.41. The number of rotatable bonds is 8. The van der Waals surface area contributed by atoms with Crippen LogP contribution in [0.5, 0.6) is 11.5 Å². The van der Waals surface area contributed by atoms with Gasteiger partial charge in [0.15, 0.2) is 5.82 Å². The van der Waals surface area contributed by atoms with E-state index in [1.807, 2.05) is 12.1 Å². The Bertz CT molecular complexity index is 1410. The van der Waals surface area contributed by atoms with E-state index >= 15 is 0 Å². The van der Waals surface area contributed by atoms with E-state index in [2.05, 4.69) is 27.3 Å². The quantitative estimate of drug-likeness (QED) is 0.263. The molecule has 3 heterocycles. The number of hydrogen-bond donors (Lipinski definition) is 3. The number of methoxy groups -OCH3 is 2. The number of pyridine rings is 1. The molecule has 9 nitrogen and oxygen atoms in total. The molecule has 0 saturated carbocycles. The van der Waals surface area contributed by atoms with Crippen molar-refractivity contribution in [2.45, 2.75) is 6.10 Å². The summed E-state index contributed by atoms with van der Waals surface area (Å²) in [7, 11) is 4.68. The number of anilines is 3. The zero-order chi connectivity index (χ0) is 25.3. The standard InChI is InChI=1S/C23H21Cl2N5O4S/c1-5-18(31)27-12-10-30(2)29-23(12)28-17-7-11-6-15(35-16(11)9-26-17)22(32)19-20(24)13(33-3)8-14(34-4)21(19)25/h5-10,22,32H,1H2,2-4H3,(H,27,31)(H,26,28,29). The number of fused-ring (bicyclic) bond motifs is 1. The fourth-order valence-electron chi connectivity index (χ4n) is 3.43. The third-order valence-electron chi connectivity index (χ3n) is 5.09. The van der Waals surface area contributed by atoms with E-state index in [-0.39, 0.29) is 16.0 Å². The van der Waals surface area contributed by atoms with E-state index in [1.165, 1.54) is 31.6 Å². The van der Waals surface area contributed by atoms with Crippen LogP contribution in [0.15, 0.2) is 43.2 Å². The molecule has 4 rings (SSSR count). The second-order valence-electron chi connectivity index (χ2n) is 7.36. The molecule has 182 valence electrons. The van der Waals surface area contributed by atoms with Crippen molar-refractivity contribution in [1.82, 2.24) is 14.8 Å². The first-order chi connectivity index (χ1) is 16.7. The second-order valence-corrected chi connectivity index (χ2v) is 9.24. The van der Waals surface area contributed by atoms with Crippen molar-refractivity contribution in [1.29, 1.82) is 0 Å². The van der Waals surface area contributed by atoms with Gasteiger partial charge in [-0.3, -0.25) is 9.48 Å². The molecule has 0 aliphatic heterocycles. The summed E-state index contributed by atoms with van der Waals surface area (Å²) in [6.45, 7) is 3.46. The number of hydrogen-bond acceptors (Lipinski definition) is 8. The molecule has 1 atom stereocenters. The number of benzene rings is 1. The topological polar surface area (TPSA) is 111 Å². The van der Waals surface area contributed by atoms with Crippen LogP contribution >= 0.6 is 34.5 Å². The van der Waals surface area contributed by atoms with Gasteiger partial charge in [0.2, 0.25) is 5.91 Å². The fraction of sp³-hybridized carbons (Fsp3) is 0.174. The molecule has 0 aliphatic carbocycles. The number of halogens is 2. The van der Waals surface area contributed by atoms with Gasteiger partial charge in [-0.05, 0) is 23.6 Å². The number of aryl methyl sites for hydroxylation is 1. The Morgan fingerprint density at radius 1 is 1.23 bits per heavy atom. The lowest BCUT2D eigenvalue weighted by Gasteiger charge is -2.17. The maximum absolute atomic E-state index is 11.7. The van der Waals surface area contributed by atoms with Crippen LogP contribution in [0.1, 0.15) is 16.5 Å². The molecule has 3 aromatic heterocycles. The van der Waals surface area contributed by atoms with E-state index in [9.17, 15) is 9.90 Å². The Morgan fingerprint density at radius 2 is 1.91 bits per heavy atom. The maximum Gasteiger partial charge on any atom is 0.247 e. The van der Waals surface area contributed by atoms with Gasteiger partial charge >= 0.3 is 0 Å². The molecule has 1 aromatic carbocycles. The van der Waals surface area contributed by atoms with Crippen molar-refractivity contribution < 1.29 is 19.4 Å². The van der Waals surface area contributed by atoms with Crippen molar-refractivity contribution in [3.8, 4) is 11.5 Å². The number of amides is 1. The van der Waals surface area contributed by atoms with Gasteiger partial charge in [0.25, 0.3) is 0 Å². The zero-order valence-electron chi connectivity index (χ0n) is 18.9. The molecule has 0 aliphatic rings. The van der Waals surface area contributed by atoms with E-state index < -0.39 is 6.10 Å². The van der Waals surface area contributed by atoms with Crippen LogP contribution in [-0.2, 0) is 11.8 Å². The van der Waals surface area contributed by atoms with Crippen LogP contribution in [0.4, 0.5) is 17.3 Å². The molecule has 4 aromatic rings. The smallest absolute Gasteiger partial charge is 0.247 e. The predicted molar refractivity (Wildman–Crippen MR) is 139 cm³/mol. The first kappa shape index (κ1) is 24.8. The Labute approximate surface area is 214 Å². The molecule has 0 fully saturated rings. The van der Waals surface area contributed by atoms with Gasteiger partial charge in [0, 0.05) is 29.8 Å². The number of aromatic nitrogens is 3. The minimum Gasteiger partial charge on any atom is -0.495 e. The summed E-state index contributed by atoms with van der Waals surface area (Å²) in [6, 6.07) is 5.21. The molecule has 12 heteroatoms. The SMILES string of the molecule is C=CC(=O)Nc1cn(C)nc1Nc1cc2cc(C(O)c3c(Cl)c(OC)cc(OC)c3Cl)sc2cn1. The number of thiophene rings is 1. The minimum absolute atomic E-state index is 0.202. The van der Waals surface area contributed by atoms with Gasteiger partial charge in [0.1, 0.15) is 29.1 Å². The highest BCUT2D eigenvalue weighted by molar-refractivity contribution is 7.19. The molecule has 0 bridgehead atoms. The maximum atomic E-state index is 11.7. The predicted octanol–water partition coefficient (Wildman–Crippen LogP) is 5.30. The lowest BCUT2D eigenvalue weighted by atomic mass is 10.1. The number of nitrogens with one attached hydrogen (secondary N) is 2. The third kappa shape index (κ3) is 4.92. The number of ether oxygens (including phenoxy) is 2. The summed E-state index contributed by atoms with van der Waals surface area (Å²) in [5.41, 5.74) is 0.774. The van der Waals surface area contributed by atoms with E-state index in [0.29, 0.717) is 39.3 Å². The molecular weight excluding hydrogens is 513 g/mol. The first-order valence-corrected chi connectivity index (χ1v) is 11.7. The van der Waals surface area contributed by atoms with Crippen molar-refractivity contribution in [2.75, 3.05) is 24.9 Å². The van der Waals surface area contributed by atoms with Crippen molar-refractivity contribution >= 4 is 67.9 Å². The summed E-state index contributed by atoms with van der Waals surface area (Å²) >= 11 is 14.3. The number of nitrogens with zero attached hydrogens (tertiary/aromatic N) is 3. The van der Waals surface area contributed by atoms with Gasteiger partial charge in [-0.15, -0.1) is 11.3 Å². The lowest BCUT2D eigenvalue weighted by Crippen LogP contribution is -2.08. The molecule has 0 spiro atoms. The van der Waals surface area contributed by atoms with Crippen molar-refractivity contribution in [2.24, 2.45) is 7.05 Å². The average molecular weight is 534 g/mol. The number of carbonyl (C=O) groups is 1. The highest BCUT2D eigenvalue weighted by Gasteiger charge is 2.25. The van der Waals surface area contributed by atoms with Crippen molar-refractivity contribution in [3.05, 3.63) is 63.7 Å². The van der Waals surface area contributed by atoms with Gasteiger partial charge in [0.05, 0.1) is 35.2 Å². The summed E-state index contributed by atoms with van der Waals surface area (Å²) in [5.74, 6) is 1.25. The van der Waals surface area contributed by atoms with E-state index in [4.69, 9.17) is 32.7 Å². The van der Waals surface area contributed by atoms with Crippen LogP contribution in [0.2, 0.25) is 10.0 Å². The molecule has 3 N–H and O–H groups in total. The Kier molecular flexibility index (Phi) is 7.18. The second kappa shape index (κ2) is 10.1. The Balaban J connectivity index is 1.67. The zero-order valence-corrected chi connectivity index (χ0v) is 21.3. The third-order valence-corrected chi connectivity index (χ3v) is 7.01. The van der Waals surface area contributed by atoms with Gasteiger partial charge in [-0.2, -0.15) is 5.10 Å². The first-order valence-electron chi connectivity index (χ1n) is 10.2. The van der Waals surface area contributed by atoms with Crippen LogP contribution in [0, 0.1) is 0 Å². The van der Waals surface area contributed by atoms with Crippen LogP contribution in [0.3, 0.4) is 0 Å². The molecule has 0 saturated heterocycles. The highest BCUT2D eigenvalue weighted by atomic mass is 35.5. The highest BCUT2D eigenvalue weighted by Crippen LogP contribution is 2.46. The molecule has 1 amide bonds. The van der Waals surface area contributed by atoms with Gasteiger partial charge < -0.3 is 25.2 Å². The minimum atomic E-state index is -1.12. The largest absolute Gasteiger partial charge is 0.495 e. The molecular formula is C23H21Cl2N5O4S. The molecule has 35 heavy (non-hydrogen) atoms. The molecule has 0 radical (unpaired) electrons. The summed E-state index contributed by atoms with van der Waals surface area (Å²) in [5, 5.41) is 22.5. The van der Waals surface area contributed by atoms with Gasteiger partial charge in [-0.25, -0.2) is 4.98 Å². The van der Waals surface area contributed by atoms with Crippen LogP contribution < -0.4 is 20.1 Å².